The summed E-state index contributed by atoms with van der Waals surface area (Å²) in [5, 5.41) is 2.73. The van der Waals surface area contributed by atoms with Crippen LogP contribution in [-0.2, 0) is 16.2 Å². The van der Waals surface area contributed by atoms with Gasteiger partial charge in [0.2, 0.25) is 0 Å². The number of barbiturate groups is 1. The molecule has 0 spiro atoms. The number of benzene rings is 3. The van der Waals surface area contributed by atoms with Gasteiger partial charge in [0.25, 0.3) is 11.8 Å². The van der Waals surface area contributed by atoms with Gasteiger partial charge in [-0.1, -0.05) is 57.3 Å². The van der Waals surface area contributed by atoms with Crippen LogP contribution in [0.5, 0.6) is 5.75 Å². The van der Waals surface area contributed by atoms with E-state index in [1.54, 1.807) is 18.2 Å². The summed E-state index contributed by atoms with van der Waals surface area (Å²) in [6.45, 7) is 3.99. The van der Waals surface area contributed by atoms with E-state index in [1.165, 1.54) is 18.2 Å². The van der Waals surface area contributed by atoms with Crippen LogP contribution in [0.4, 0.5) is 10.5 Å². The Hall–Kier alpha value is -3.13. The quantitative estimate of drug-likeness (QED) is 0.275. The maximum atomic E-state index is 13.3. The normalized spacial score (nSPS) is 14.9. The molecule has 0 atom stereocenters. The lowest BCUT2D eigenvalue weighted by Gasteiger charge is -2.27. The molecule has 0 aromatic heterocycles. The van der Waals surface area contributed by atoms with E-state index in [0.29, 0.717) is 16.3 Å². The van der Waals surface area contributed by atoms with Crippen molar-refractivity contribution in [2.45, 2.75) is 20.5 Å². The van der Waals surface area contributed by atoms with Gasteiger partial charge in [-0.3, -0.25) is 14.9 Å². The minimum atomic E-state index is -0.824. The number of rotatable bonds is 5. The number of halogens is 3. The topological polar surface area (TPSA) is 75.7 Å². The molecule has 0 bridgehead atoms. The molecule has 0 unspecified atom stereocenters. The Kier molecular flexibility index (Phi) is 7.31. The van der Waals surface area contributed by atoms with Crippen molar-refractivity contribution >= 4 is 68.7 Å². The fraction of sp³-hybridized carbons (Fsp3) is 0.115. The van der Waals surface area contributed by atoms with Gasteiger partial charge in [-0.15, -0.1) is 0 Å². The Bertz CT molecular complexity index is 1390. The van der Waals surface area contributed by atoms with Crippen molar-refractivity contribution in [3.05, 3.63) is 96.9 Å². The zero-order chi connectivity index (χ0) is 25.3. The van der Waals surface area contributed by atoms with Gasteiger partial charge >= 0.3 is 6.03 Å². The molecule has 1 aliphatic rings. The third-order valence-corrected chi connectivity index (χ3v) is 6.51. The first kappa shape index (κ1) is 25.0. The molecule has 9 heteroatoms. The Balaban J connectivity index is 1.71. The molecule has 4 amide bonds. The minimum Gasteiger partial charge on any atom is -0.487 e. The molecule has 1 N–H and O–H groups in total. The number of hydrogen-bond donors (Lipinski definition) is 1. The van der Waals surface area contributed by atoms with Crippen LogP contribution in [0.2, 0.25) is 10.0 Å². The van der Waals surface area contributed by atoms with Gasteiger partial charge in [0.05, 0.1) is 10.7 Å². The third kappa shape index (κ3) is 5.42. The standard InChI is InChI=1S/C26H19BrCl2N2O4/c1-14-3-8-20(9-15(14)2)31-25(33)21(24(32)30-26(31)34)11-17-10-19(28)12-22(29)23(17)35-13-16-4-6-18(27)7-5-16/h3-12H,13H2,1-2H3,(H,30,32,34)/b21-11+. The molecule has 6 nitrogen and oxygen atoms in total. The van der Waals surface area contributed by atoms with Crippen LogP contribution in [0.25, 0.3) is 6.08 Å². The molecule has 0 radical (unpaired) electrons. The summed E-state index contributed by atoms with van der Waals surface area (Å²) in [5.41, 5.74) is 3.21. The number of ether oxygens (including phenoxy) is 1. The first-order valence-electron chi connectivity index (χ1n) is 10.5. The first-order valence-corrected chi connectivity index (χ1v) is 12.0. The summed E-state index contributed by atoms with van der Waals surface area (Å²) in [7, 11) is 0. The van der Waals surface area contributed by atoms with E-state index in [9.17, 15) is 14.4 Å². The van der Waals surface area contributed by atoms with Crippen molar-refractivity contribution < 1.29 is 19.1 Å². The zero-order valence-corrected chi connectivity index (χ0v) is 21.8. The van der Waals surface area contributed by atoms with Gasteiger partial charge in [-0.2, -0.15) is 0 Å². The lowest BCUT2D eigenvalue weighted by Crippen LogP contribution is -2.54. The number of urea groups is 1. The fourth-order valence-electron chi connectivity index (χ4n) is 3.49. The van der Waals surface area contributed by atoms with Gasteiger partial charge in [-0.25, -0.2) is 9.69 Å². The maximum absolute atomic E-state index is 13.3. The predicted molar refractivity (Wildman–Crippen MR) is 140 cm³/mol. The van der Waals surface area contributed by atoms with Crippen molar-refractivity contribution in [3.63, 3.8) is 0 Å². The summed E-state index contributed by atoms with van der Waals surface area (Å²) in [5.74, 6) is -1.34. The molecule has 0 saturated carbocycles. The van der Waals surface area contributed by atoms with E-state index < -0.39 is 17.8 Å². The van der Waals surface area contributed by atoms with Gasteiger partial charge in [0, 0.05) is 15.1 Å². The molecule has 35 heavy (non-hydrogen) atoms. The average molecular weight is 574 g/mol. The Morgan fingerprint density at radius 1 is 0.971 bits per heavy atom. The van der Waals surface area contributed by atoms with Crippen LogP contribution < -0.4 is 15.0 Å². The third-order valence-electron chi connectivity index (χ3n) is 5.48. The molecule has 1 aliphatic heterocycles. The number of nitrogens with one attached hydrogen (secondary N) is 1. The van der Waals surface area contributed by atoms with Crippen LogP contribution in [0.3, 0.4) is 0 Å². The lowest BCUT2D eigenvalue weighted by atomic mass is 10.0. The molecule has 1 fully saturated rings. The van der Waals surface area contributed by atoms with E-state index >= 15 is 0 Å². The van der Waals surface area contributed by atoms with E-state index in [-0.39, 0.29) is 23.0 Å². The van der Waals surface area contributed by atoms with E-state index in [4.69, 9.17) is 27.9 Å². The lowest BCUT2D eigenvalue weighted by molar-refractivity contribution is -0.122. The van der Waals surface area contributed by atoms with Crippen molar-refractivity contribution in [1.82, 2.24) is 5.32 Å². The van der Waals surface area contributed by atoms with E-state index in [1.807, 2.05) is 38.1 Å². The highest BCUT2D eigenvalue weighted by atomic mass is 79.9. The molecule has 4 rings (SSSR count). The van der Waals surface area contributed by atoms with E-state index in [2.05, 4.69) is 21.2 Å². The van der Waals surface area contributed by atoms with Crippen molar-refractivity contribution in [1.29, 1.82) is 0 Å². The maximum Gasteiger partial charge on any atom is 0.335 e. The molecule has 178 valence electrons. The first-order chi connectivity index (χ1) is 16.6. The second kappa shape index (κ2) is 10.2. The number of nitrogens with zero attached hydrogens (tertiary/aromatic N) is 1. The largest absolute Gasteiger partial charge is 0.487 e. The molecule has 0 aliphatic carbocycles. The Labute approximate surface area is 220 Å². The number of imide groups is 2. The highest BCUT2D eigenvalue weighted by Gasteiger charge is 2.37. The van der Waals surface area contributed by atoms with Crippen LogP contribution in [0.1, 0.15) is 22.3 Å². The zero-order valence-electron chi connectivity index (χ0n) is 18.7. The number of carbonyl (C=O) groups is 3. The molecular formula is C26H19BrCl2N2O4. The fourth-order valence-corrected chi connectivity index (χ4v) is 4.32. The number of carbonyl (C=O) groups excluding carboxylic acids is 3. The summed E-state index contributed by atoms with van der Waals surface area (Å²) in [6, 6.07) is 14.9. The average Bonchev–Trinajstić information content (AvgIpc) is 2.79. The molecule has 1 saturated heterocycles. The number of aryl methyl sites for hydroxylation is 2. The van der Waals surface area contributed by atoms with Gasteiger partial charge < -0.3 is 4.74 Å². The second-order valence-corrected chi connectivity index (χ2v) is 9.71. The van der Waals surface area contributed by atoms with Crippen molar-refractivity contribution in [3.8, 4) is 5.75 Å². The summed E-state index contributed by atoms with van der Waals surface area (Å²) >= 11 is 16.0. The molecule has 3 aromatic rings. The monoisotopic (exact) mass is 572 g/mol. The highest BCUT2D eigenvalue weighted by Crippen LogP contribution is 2.35. The van der Waals surface area contributed by atoms with Crippen molar-refractivity contribution in [2.24, 2.45) is 0 Å². The minimum absolute atomic E-state index is 0.193. The van der Waals surface area contributed by atoms with Crippen LogP contribution in [0, 0.1) is 13.8 Å². The number of amides is 4. The highest BCUT2D eigenvalue weighted by molar-refractivity contribution is 9.10. The molecule has 3 aromatic carbocycles. The smallest absolute Gasteiger partial charge is 0.335 e. The second-order valence-electron chi connectivity index (χ2n) is 7.95. The number of anilines is 1. The number of hydrogen-bond acceptors (Lipinski definition) is 4. The SMILES string of the molecule is Cc1ccc(N2C(=O)NC(=O)/C(=C\c3cc(Cl)cc(Cl)c3OCc3ccc(Br)cc3)C2=O)cc1C. The molecule has 1 heterocycles. The van der Waals surface area contributed by atoms with Gasteiger partial charge in [0.1, 0.15) is 17.9 Å². The molecular weight excluding hydrogens is 555 g/mol. The van der Waals surface area contributed by atoms with Gasteiger partial charge in [0.15, 0.2) is 0 Å². The van der Waals surface area contributed by atoms with Gasteiger partial charge in [-0.05, 0) is 73.0 Å². The Morgan fingerprint density at radius 3 is 2.37 bits per heavy atom. The predicted octanol–water partition coefficient (Wildman–Crippen LogP) is 6.62. The summed E-state index contributed by atoms with van der Waals surface area (Å²) < 4.78 is 6.88. The van der Waals surface area contributed by atoms with E-state index in [0.717, 1.165) is 26.1 Å². The van der Waals surface area contributed by atoms with Crippen LogP contribution >= 0.6 is 39.1 Å². The summed E-state index contributed by atoms with van der Waals surface area (Å²) in [6.07, 6.45) is 1.33. The van der Waals surface area contributed by atoms with Crippen LogP contribution in [0.15, 0.2) is 64.6 Å². The van der Waals surface area contributed by atoms with Crippen LogP contribution in [-0.4, -0.2) is 17.8 Å². The Morgan fingerprint density at radius 2 is 1.69 bits per heavy atom. The van der Waals surface area contributed by atoms with Crippen molar-refractivity contribution in [2.75, 3.05) is 4.90 Å². The summed E-state index contributed by atoms with van der Waals surface area (Å²) in [4.78, 5) is 39.4.